The molecule has 0 atom stereocenters. The van der Waals surface area contributed by atoms with E-state index in [1.54, 1.807) is 0 Å². The van der Waals surface area contributed by atoms with Crippen molar-refractivity contribution in [3.63, 3.8) is 0 Å². The van der Waals surface area contributed by atoms with Crippen molar-refractivity contribution in [2.75, 3.05) is 6.61 Å². The van der Waals surface area contributed by atoms with Crippen molar-refractivity contribution in [2.45, 2.75) is 103 Å². The normalized spacial score (nSPS) is 11.4. The molecule has 0 aliphatic rings. The fraction of sp³-hybridized carbons (Fsp3) is 1.00. The van der Waals surface area contributed by atoms with Gasteiger partial charge in [-0.25, -0.2) is 4.18 Å². The quantitative estimate of drug-likeness (QED) is 0.224. The van der Waals surface area contributed by atoms with Gasteiger partial charge in [-0.05, 0) is 6.42 Å². The van der Waals surface area contributed by atoms with Crippen LogP contribution in [0.25, 0.3) is 0 Å². The summed E-state index contributed by atoms with van der Waals surface area (Å²) in [6.45, 7) is 2.35. The third-order valence-electron chi connectivity index (χ3n) is 3.98. The Labute approximate surface area is 166 Å². The van der Waals surface area contributed by atoms with Crippen LogP contribution in [-0.2, 0) is 14.6 Å². The van der Waals surface area contributed by atoms with Crippen LogP contribution in [0.1, 0.15) is 103 Å². The van der Waals surface area contributed by atoms with Gasteiger partial charge in [0.05, 0.1) is 6.61 Å². The minimum absolute atomic E-state index is 0. The third-order valence-corrected chi connectivity index (χ3v) is 4.44. The van der Waals surface area contributed by atoms with Gasteiger partial charge in [-0.3, -0.25) is 4.55 Å². The van der Waals surface area contributed by atoms with Crippen LogP contribution in [0.5, 0.6) is 0 Å². The summed E-state index contributed by atoms with van der Waals surface area (Å²) in [5.74, 6) is 0. The van der Waals surface area contributed by atoms with E-state index in [4.69, 9.17) is 4.55 Å². The van der Waals surface area contributed by atoms with Gasteiger partial charge in [0.15, 0.2) is 0 Å². The zero-order chi connectivity index (χ0) is 16.5. The SMILES string of the molecule is CCCCCCCCCCCCCCCCCOS(=O)(=O)O.[NaH]. The molecule has 1 N–H and O–H groups in total. The third kappa shape index (κ3) is 25.2. The van der Waals surface area contributed by atoms with Crippen molar-refractivity contribution in [2.24, 2.45) is 0 Å². The van der Waals surface area contributed by atoms with Crippen LogP contribution in [-0.4, -0.2) is 49.1 Å². The summed E-state index contributed by atoms with van der Waals surface area (Å²) in [4.78, 5) is 0. The second-order valence-electron chi connectivity index (χ2n) is 6.20. The Morgan fingerprint density at radius 1 is 0.652 bits per heavy atom. The second kappa shape index (κ2) is 19.2. The van der Waals surface area contributed by atoms with E-state index in [0.717, 1.165) is 12.8 Å². The topological polar surface area (TPSA) is 63.6 Å². The van der Waals surface area contributed by atoms with Crippen LogP contribution in [0, 0.1) is 0 Å². The molecule has 0 amide bonds. The monoisotopic (exact) mass is 360 g/mol. The molecule has 0 unspecified atom stereocenters. The number of hydrogen-bond acceptors (Lipinski definition) is 3. The Kier molecular flexibility index (Phi) is 21.8. The van der Waals surface area contributed by atoms with Gasteiger partial charge in [-0.2, -0.15) is 8.42 Å². The van der Waals surface area contributed by atoms with Gasteiger partial charge in [0.2, 0.25) is 0 Å². The maximum atomic E-state index is 10.3. The first-order valence-corrected chi connectivity index (χ1v) is 10.5. The van der Waals surface area contributed by atoms with E-state index in [1.165, 1.54) is 77.0 Å². The molecule has 0 aliphatic carbocycles. The molecule has 0 radical (unpaired) electrons. The molecule has 0 spiro atoms. The molecule has 0 aliphatic heterocycles. The predicted octanol–water partition coefficient (Wildman–Crippen LogP) is 5.03. The average molecular weight is 361 g/mol. The summed E-state index contributed by atoms with van der Waals surface area (Å²) in [5, 5.41) is 0. The molecule has 0 aromatic heterocycles. The van der Waals surface area contributed by atoms with Gasteiger partial charge in [-0.15, -0.1) is 0 Å². The molecule has 0 fully saturated rings. The van der Waals surface area contributed by atoms with Crippen molar-refractivity contribution in [1.82, 2.24) is 0 Å². The summed E-state index contributed by atoms with van der Waals surface area (Å²) in [6, 6.07) is 0. The Morgan fingerprint density at radius 2 is 0.957 bits per heavy atom. The van der Waals surface area contributed by atoms with Gasteiger partial charge < -0.3 is 0 Å². The van der Waals surface area contributed by atoms with Gasteiger partial charge in [0.25, 0.3) is 0 Å². The molecule has 4 nitrogen and oxygen atoms in total. The summed E-state index contributed by atoms with van der Waals surface area (Å²) < 4.78 is 33.3. The molecular formula is C17H37NaO4S. The van der Waals surface area contributed by atoms with E-state index in [-0.39, 0.29) is 36.2 Å². The van der Waals surface area contributed by atoms with Crippen molar-refractivity contribution < 1.29 is 17.2 Å². The zero-order valence-electron chi connectivity index (χ0n) is 14.4. The summed E-state index contributed by atoms with van der Waals surface area (Å²) >= 11 is 0. The fourth-order valence-electron chi connectivity index (χ4n) is 2.64. The molecular weight excluding hydrogens is 323 g/mol. The van der Waals surface area contributed by atoms with Gasteiger partial charge in [-0.1, -0.05) is 96.8 Å². The van der Waals surface area contributed by atoms with Gasteiger partial charge in [0, 0.05) is 0 Å². The van der Waals surface area contributed by atoms with E-state index in [9.17, 15) is 8.42 Å². The summed E-state index contributed by atoms with van der Waals surface area (Å²) in [6.07, 6.45) is 19.0. The standard InChI is InChI=1S/C17H36O4S.Na.H/c1-2-3-4-5-6-7-8-9-10-11-12-13-14-15-16-17-21-22(18,19)20;;/h2-17H2,1H3,(H,18,19,20);;. The van der Waals surface area contributed by atoms with Crippen LogP contribution >= 0.6 is 0 Å². The Hall–Kier alpha value is 0.870. The molecule has 0 saturated carbocycles. The molecule has 136 valence electrons. The first kappa shape index (κ1) is 26.1. The zero-order valence-corrected chi connectivity index (χ0v) is 15.2. The molecule has 23 heavy (non-hydrogen) atoms. The van der Waals surface area contributed by atoms with Gasteiger partial charge >= 0.3 is 40.0 Å². The number of unbranched alkanes of at least 4 members (excludes halogenated alkanes) is 14. The summed E-state index contributed by atoms with van der Waals surface area (Å²) in [7, 11) is -4.24. The Balaban J connectivity index is 0. The second-order valence-corrected chi connectivity index (χ2v) is 7.29. The van der Waals surface area contributed by atoms with Crippen molar-refractivity contribution in [3.8, 4) is 0 Å². The van der Waals surface area contributed by atoms with Crippen LogP contribution in [0.3, 0.4) is 0 Å². The molecule has 0 aromatic carbocycles. The molecule has 0 rings (SSSR count). The Morgan fingerprint density at radius 3 is 1.26 bits per heavy atom. The molecule has 6 heteroatoms. The minimum atomic E-state index is -4.24. The maximum absolute atomic E-state index is 10.3. The fourth-order valence-corrected chi connectivity index (χ4v) is 2.97. The number of hydrogen-bond donors (Lipinski definition) is 1. The van der Waals surface area contributed by atoms with Crippen LogP contribution in [0.4, 0.5) is 0 Å². The average Bonchev–Trinajstić information content (AvgIpc) is 2.45. The van der Waals surface area contributed by atoms with Crippen molar-refractivity contribution >= 4 is 40.0 Å². The van der Waals surface area contributed by atoms with Gasteiger partial charge in [0.1, 0.15) is 0 Å². The van der Waals surface area contributed by atoms with Crippen LogP contribution in [0.15, 0.2) is 0 Å². The summed E-state index contributed by atoms with van der Waals surface area (Å²) in [5.41, 5.74) is 0. The number of rotatable bonds is 17. The molecule has 0 saturated heterocycles. The molecule has 0 aromatic rings. The van der Waals surface area contributed by atoms with E-state index in [0.29, 0.717) is 6.42 Å². The van der Waals surface area contributed by atoms with E-state index in [2.05, 4.69) is 11.1 Å². The van der Waals surface area contributed by atoms with Crippen LogP contribution in [0.2, 0.25) is 0 Å². The van der Waals surface area contributed by atoms with Crippen molar-refractivity contribution in [3.05, 3.63) is 0 Å². The first-order chi connectivity index (χ1) is 10.6. The van der Waals surface area contributed by atoms with E-state index < -0.39 is 10.4 Å². The van der Waals surface area contributed by atoms with Crippen molar-refractivity contribution in [1.29, 1.82) is 0 Å². The predicted molar refractivity (Wildman–Crippen MR) is 99.6 cm³/mol. The first-order valence-electron chi connectivity index (χ1n) is 9.18. The van der Waals surface area contributed by atoms with E-state index >= 15 is 0 Å². The Bertz CT molecular complexity index is 321. The van der Waals surface area contributed by atoms with Crippen LogP contribution < -0.4 is 0 Å². The molecule has 0 heterocycles. The van der Waals surface area contributed by atoms with E-state index in [1.807, 2.05) is 0 Å². The molecule has 0 bridgehead atoms.